The van der Waals surface area contributed by atoms with Crippen molar-refractivity contribution in [2.75, 3.05) is 13.2 Å². The molecule has 0 aliphatic heterocycles. The first-order valence-electron chi connectivity index (χ1n) is 31.0. The Morgan fingerprint density at radius 2 is 0.867 bits per heavy atom. The number of aryl methyl sites for hydroxylation is 2. The van der Waals surface area contributed by atoms with E-state index in [1.165, 1.54) is 135 Å². The first kappa shape index (κ1) is 62.9. The molecule has 1 unspecified atom stereocenters. The molecule has 0 N–H and O–H groups in total. The molecule has 7 aromatic heterocycles. The lowest BCUT2D eigenvalue weighted by Crippen LogP contribution is -2.14. The molecule has 444 valence electrons. The number of esters is 2. The number of benzene rings is 2. The third-order valence-electron chi connectivity index (χ3n) is 15.8. The highest BCUT2D eigenvalue weighted by atomic mass is 32.1. The molecule has 9 rings (SSSR count). The zero-order valence-electron chi connectivity index (χ0n) is 49.6. The average Bonchev–Trinajstić information content (AvgIpc) is 2.86. The second kappa shape index (κ2) is 31.1. The SMILES string of the molecule is CCCCCCCCOC(=O)c1ccc(-c2c3cc(-c4ccc(-c5c(F)c(F)c(-c6ccc(C)s6)c6nn(CC(CCCCCC)CCCCCCCC)nc56)s4)sc3c(-c3ccc(C(=O)OCCCCCCCC)s3)c3cc(C)sc23)s1. The Balaban J connectivity index is 1.10. The van der Waals surface area contributed by atoms with Crippen LogP contribution in [0.5, 0.6) is 0 Å². The van der Waals surface area contributed by atoms with E-state index < -0.39 is 11.6 Å². The van der Waals surface area contributed by atoms with Crippen LogP contribution in [-0.4, -0.2) is 40.1 Å². The molecule has 0 radical (unpaired) electrons. The van der Waals surface area contributed by atoms with Gasteiger partial charge in [0.15, 0.2) is 11.6 Å². The van der Waals surface area contributed by atoms with Gasteiger partial charge < -0.3 is 9.47 Å². The molecule has 0 saturated heterocycles. The van der Waals surface area contributed by atoms with E-state index >= 15 is 8.78 Å². The minimum absolute atomic E-state index is 0.134. The fraction of sp³-hybridized carbons (Fsp3) is 0.500. The van der Waals surface area contributed by atoms with E-state index in [0.29, 0.717) is 56.2 Å². The number of rotatable bonds is 35. The maximum absolute atomic E-state index is 17.3. The van der Waals surface area contributed by atoms with Gasteiger partial charge in [-0.25, -0.2) is 18.4 Å². The average molecular weight is 1240 g/mol. The number of nitrogens with zero attached hydrogens (tertiary/aromatic N) is 3. The van der Waals surface area contributed by atoms with Crippen LogP contribution < -0.4 is 0 Å². The van der Waals surface area contributed by atoms with Gasteiger partial charge in [-0.3, -0.25) is 0 Å². The molecule has 83 heavy (non-hydrogen) atoms. The van der Waals surface area contributed by atoms with E-state index in [-0.39, 0.29) is 23.1 Å². The Hall–Kier alpha value is -4.64. The van der Waals surface area contributed by atoms with Crippen molar-refractivity contribution >= 4 is 111 Å². The number of hydrogen-bond donors (Lipinski definition) is 0. The smallest absolute Gasteiger partial charge is 0.348 e. The monoisotopic (exact) mass is 1240 g/mol. The maximum atomic E-state index is 17.3. The summed E-state index contributed by atoms with van der Waals surface area (Å²) >= 11 is 9.14. The van der Waals surface area contributed by atoms with E-state index in [1.54, 1.807) is 27.5 Å². The Kier molecular flexibility index (Phi) is 23.6. The summed E-state index contributed by atoms with van der Waals surface area (Å²) in [5, 5.41) is 12.3. The van der Waals surface area contributed by atoms with Gasteiger partial charge in [0.05, 0.1) is 30.9 Å². The fourth-order valence-electron chi connectivity index (χ4n) is 11.4. The molecule has 0 saturated carbocycles. The predicted octanol–water partition coefficient (Wildman–Crippen LogP) is 23.7. The van der Waals surface area contributed by atoms with Gasteiger partial charge in [0, 0.05) is 70.3 Å². The van der Waals surface area contributed by atoms with Gasteiger partial charge in [0.2, 0.25) is 0 Å². The summed E-state index contributed by atoms with van der Waals surface area (Å²) in [5.74, 6) is -2.08. The summed E-state index contributed by atoms with van der Waals surface area (Å²) in [6.45, 7) is 14.4. The van der Waals surface area contributed by atoms with Crippen molar-refractivity contribution in [1.82, 2.24) is 15.0 Å². The highest BCUT2D eigenvalue weighted by Crippen LogP contribution is 2.54. The second-order valence-electron chi connectivity index (χ2n) is 22.5. The molecule has 7 nitrogen and oxygen atoms in total. The summed E-state index contributed by atoms with van der Waals surface area (Å²) in [7, 11) is 0. The number of thiophene rings is 6. The van der Waals surface area contributed by atoms with Gasteiger partial charge in [0.25, 0.3) is 0 Å². The number of fused-ring (bicyclic) bond motifs is 3. The van der Waals surface area contributed by atoms with Gasteiger partial charge in [0.1, 0.15) is 20.8 Å². The van der Waals surface area contributed by atoms with Crippen LogP contribution in [0.1, 0.15) is 211 Å². The number of carbonyl (C=O) groups is 2. The van der Waals surface area contributed by atoms with E-state index in [1.807, 2.05) is 55.5 Å². The molecule has 0 fully saturated rings. The topological polar surface area (TPSA) is 83.3 Å². The van der Waals surface area contributed by atoms with Gasteiger partial charge in [-0.1, -0.05) is 156 Å². The Bertz CT molecular complexity index is 3430. The molecule has 2 aromatic carbocycles. The number of aromatic nitrogens is 3. The van der Waals surface area contributed by atoms with Crippen molar-refractivity contribution in [2.45, 2.75) is 202 Å². The number of ether oxygens (including phenoxy) is 2. The van der Waals surface area contributed by atoms with E-state index in [0.717, 1.165) is 125 Å². The molecule has 0 aliphatic carbocycles. The van der Waals surface area contributed by atoms with Gasteiger partial charge >= 0.3 is 11.9 Å². The lowest BCUT2D eigenvalue weighted by atomic mass is 9.94. The summed E-state index contributed by atoms with van der Waals surface area (Å²) < 4.78 is 48.2. The summed E-state index contributed by atoms with van der Waals surface area (Å²) in [5.41, 5.74) is 3.14. The molecule has 9 aromatic rings. The molecule has 0 spiro atoms. The van der Waals surface area contributed by atoms with Crippen molar-refractivity contribution in [1.29, 1.82) is 0 Å². The normalized spacial score (nSPS) is 12.2. The van der Waals surface area contributed by atoms with Crippen LogP contribution in [0, 0.1) is 31.4 Å². The van der Waals surface area contributed by atoms with Crippen molar-refractivity contribution in [2.24, 2.45) is 5.92 Å². The first-order valence-corrected chi connectivity index (χ1v) is 35.9. The third-order valence-corrected chi connectivity index (χ3v) is 22.5. The van der Waals surface area contributed by atoms with Crippen molar-refractivity contribution < 1.29 is 27.8 Å². The van der Waals surface area contributed by atoms with Crippen molar-refractivity contribution in [3.8, 4) is 51.5 Å². The molecule has 7 heterocycles. The zero-order chi connectivity index (χ0) is 58.2. The number of halogens is 2. The van der Waals surface area contributed by atoms with Crippen LogP contribution >= 0.6 is 68.0 Å². The van der Waals surface area contributed by atoms with Gasteiger partial charge in [-0.15, -0.1) is 68.0 Å². The minimum atomic E-state index is -0.920. The lowest BCUT2D eigenvalue weighted by Gasteiger charge is -2.16. The quantitative estimate of drug-likeness (QED) is 0.0291. The third kappa shape index (κ3) is 15.7. The standard InChI is InChI=1S/C68H83F2N3O4S6/c1-7-11-15-19-22-26-30-46(29-25-18-14-10-4)43-73-71-63-59(52-32-31-44(5)78-52)61(69)62(70)60(64(63)72-73)53-34-33-49(80-53)56-42-48-58(51-36-38-55(82-51)68(75)77-40-28-24-21-17-13-9-3)65-47(41-45(6)79-65)57(66(48)83-56)50-35-37-54(81-50)67(74)76-39-27-23-20-16-12-8-2/h31-38,41-42,46H,7-30,39-40,43H2,1-6H3. The fourth-order valence-corrected chi connectivity index (χ4v) is 17.8. The van der Waals surface area contributed by atoms with Crippen LogP contribution in [0.25, 0.3) is 82.7 Å². The largest absolute Gasteiger partial charge is 0.462 e. The van der Waals surface area contributed by atoms with Gasteiger partial charge in [-0.2, -0.15) is 15.0 Å². The first-order chi connectivity index (χ1) is 40.5. The van der Waals surface area contributed by atoms with Crippen molar-refractivity contribution in [3.05, 3.63) is 91.8 Å². The van der Waals surface area contributed by atoms with E-state index in [2.05, 4.69) is 46.8 Å². The van der Waals surface area contributed by atoms with Gasteiger partial charge in [-0.05, 0) is 106 Å². The summed E-state index contributed by atoms with van der Waals surface area (Å²) in [6.07, 6.45) is 27.6. The van der Waals surface area contributed by atoms with Crippen LogP contribution in [0.15, 0.2) is 60.7 Å². The summed E-state index contributed by atoms with van der Waals surface area (Å²) in [6, 6.07) is 20.0. The Morgan fingerprint density at radius 1 is 0.446 bits per heavy atom. The molecule has 0 aliphatic rings. The lowest BCUT2D eigenvalue weighted by molar-refractivity contribution is 0.0494. The second-order valence-corrected chi connectivity index (χ2v) is 29.4. The van der Waals surface area contributed by atoms with Crippen LogP contribution in [0.3, 0.4) is 0 Å². The number of unbranched alkanes of at least 4 members (excludes halogenated alkanes) is 18. The van der Waals surface area contributed by atoms with E-state index in [9.17, 15) is 9.59 Å². The number of hydrogen-bond acceptors (Lipinski definition) is 12. The minimum Gasteiger partial charge on any atom is -0.462 e. The number of carbonyl (C=O) groups excluding carboxylic acids is 2. The Morgan fingerprint density at radius 3 is 1.39 bits per heavy atom. The predicted molar refractivity (Wildman–Crippen MR) is 354 cm³/mol. The molecular weight excluding hydrogens is 1150 g/mol. The molecular formula is C68H83F2N3O4S6. The van der Waals surface area contributed by atoms with Crippen LogP contribution in [0.4, 0.5) is 8.78 Å². The zero-order valence-corrected chi connectivity index (χ0v) is 54.5. The molecule has 15 heteroatoms. The van der Waals surface area contributed by atoms with E-state index in [4.69, 9.17) is 19.7 Å². The summed E-state index contributed by atoms with van der Waals surface area (Å²) in [4.78, 5) is 37.2. The molecule has 1 atom stereocenters. The van der Waals surface area contributed by atoms with Crippen molar-refractivity contribution in [3.63, 3.8) is 0 Å². The molecule has 0 amide bonds. The molecule has 0 bridgehead atoms. The highest BCUT2D eigenvalue weighted by Gasteiger charge is 2.30. The Labute approximate surface area is 514 Å². The highest BCUT2D eigenvalue weighted by molar-refractivity contribution is 7.28. The maximum Gasteiger partial charge on any atom is 0.348 e. The van der Waals surface area contributed by atoms with Crippen LogP contribution in [-0.2, 0) is 16.0 Å². The van der Waals surface area contributed by atoms with Crippen LogP contribution in [0.2, 0.25) is 0 Å².